The summed E-state index contributed by atoms with van der Waals surface area (Å²) in [4.78, 5) is 11.5. The Labute approximate surface area is 132 Å². The largest absolute Gasteiger partial charge is 0.476 e. The molecule has 23 heavy (non-hydrogen) atoms. The van der Waals surface area contributed by atoms with Crippen LogP contribution in [0.25, 0.3) is 16.9 Å². The number of aromatic nitrogens is 3. The quantitative estimate of drug-likeness (QED) is 0.805. The molecular formula is C17H14FN3O2. The average molecular weight is 311 g/mol. The summed E-state index contributed by atoms with van der Waals surface area (Å²) in [5.74, 6) is -1.57. The minimum atomic E-state index is -1.18. The van der Waals surface area contributed by atoms with E-state index in [1.54, 1.807) is 0 Å². The number of carboxylic acid groups (broad SMARTS) is 1. The van der Waals surface area contributed by atoms with E-state index in [2.05, 4.69) is 10.3 Å². The molecule has 0 saturated carbocycles. The zero-order valence-electron chi connectivity index (χ0n) is 12.6. The maximum absolute atomic E-state index is 13.2. The lowest BCUT2D eigenvalue weighted by atomic mass is 10.1. The van der Waals surface area contributed by atoms with Crippen LogP contribution >= 0.6 is 0 Å². The van der Waals surface area contributed by atoms with E-state index in [1.807, 2.05) is 32.0 Å². The maximum atomic E-state index is 13.2. The third-order valence-electron chi connectivity index (χ3n) is 3.44. The second kappa shape index (κ2) is 5.64. The zero-order valence-corrected chi connectivity index (χ0v) is 12.6. The molecule has 6 heteroatoms. The molecule has 0 unspecified atom stereocenters. The summed E-state index contributed by atoms with van der Waals surface area (Å²) in [5.41, 5.74) is 3.45. The van der Waals surface area contributed by atoms with Crippen LogP contribution in [0.2, 0.25) is 0 Å². The van der Waals surface area contributed by atoms with Gasteiger partial charge in [0.2, 0.25) is 0 Å². The van der Waals surface area contributed by atoms with Gasteiger partial charge in [-0.25, -0.2) is 13.9 Å². The van der Waals surface area contributed by atoms with Crippen molar-refractivity contribution in [2.45, 2.75) is 13.8 Å². The first-order valence-electron chi connectivity index (χ1n) is 6.99. The first kappa shape index (κ1) is 14.9. The number of halogens is 1. The van der Waals surface area contributed by atoms with Gasteiger partial charge >= 0.3 is 5.97 Å². The van der Waals surface area contributed by atoms with Crippen LogP contribution in [0.4, 0.5) is 4.39 Å². The van der Waals surface area contributed by atoms with Crippen molar-refractivity contribution in [3.8, 4) is 16.9 Å². The van der Waals surface area contributed by atoms with Crippen molar-refractivity contribution in [2.24, 2.45) is 0 Å². The van der Waals surface area contributed by atoms with Crippen molar-refractivity contribution in [1.82, 2.24) is 15.0 Å². The van der Waals surface area contributed by atoms with Crippen LogP contribution in [-0.2, 0) is 0 Å². The number of carbonyl (C=O) groups is 1. The predicted octanol–water partition coefficient (Wildman–Crippen LogP) is 3.39. The molecule has 0 radical (unpaired) electrons. The minimum absolute atomic E-state index is 0.171. The topological polar surface area (TPSA) is 68.0 Å². The van der Waals surface area contributed by atoms with E-state index in [0.717, 1.165) is 11.1 Å². The molecule has 1 aromatic heterocycles. The average Bonchev–Trinajstić information content (AvgIpc) is 2.92. The number of aromatic carboxylic acids is 1. The van der Waals surface area contributed by atoms with Crippen LogP contribution in [0.3, 0.4) is 0 Å². The number of aryl methyl sites for hydroxylation is 2. The van der Waals surface area contributed by atoms with Gasteiger partial charge in [-0.1, -0.05) is 11.3 Å². The Kier molecular flexibility index (Phi) is 3.65. The van der Waals surface area contributed by atoms with Gasteiger partial charge in [-0.3, -0.25) is 0 Å². The van der Waals surface area contributed by atoms with Gasteiger partial charge in [0.15, 0.2) is 5.69 Å². The fraction of sp³-hybridized carbons (Fsp3) is 0.118. The second-order valence-corrected chi connectivity index (χ2v) is 5.36. The van der Waals surface area contributed by atoms with E-state index in [1.165, 1.54) is 28.9 Å². The molecule has 0 fully saturated rings. The van der Waals surface area contributed by atoms with Crippen LogP contribution in [0, 0.1) is 19.7 Å². The molecule has 0 aliphatic rings. The third-order valence-corrected chi connectivity index (χ3v) is 3.44. The van der Waals surface area contributed by atoms with Crippen LogP contribution in [0.1, 0.15) is 21.6 Å². The summed E-state index contributed by atoms with van der Waals surface area (Å²) in [7, 11) is 0. The molecule has 3 rings (SSSR count). The van der Waals surface area contributed by atoms with E-state index >= 15 is 0 Å². The molecular weight excluding hydrogens is 297 g/mol. The maximum Gasteiger partial charge on any atom is 0.358 e. The van der Waals surface area contributed by atoms with E-state index in [0.29, 0.717) is 16.9 Å². The predicted molar refractivity (Wildman–Crippen MR) is 83.2 cm³/mol. The van der Waals surface area contributed by atoms with Gasteiger partial charge in [0.05, 0.1) is 5.69 Å². The molecule has 2 aromatic carbocycles. The molecule has 0 amide bonds. The zero-order chi connectivity index (χ0) is 16.6. The highest BCUT2D eigenvalue weighted by atomic mass is 19.1. The van der Waals surface area contributed by atoms with Crippen molar-refractivity contribution >= 4 is 5.97 Å². The van der Waals surface area contributed by atoms with Gasteiger partial charge < -0.3 is 5.11 Å². The Balaban J connectivity index is 2.26. The molecule has 0 aliphatic carbocycles. The molecule has 1 heterocycles. The summed E-state index contributed by atoms with van der Waals surface area (Å²) in [6.07, 6.45) is 0. The molecule has 0 aliphatic heterocycles. The fourth-order valence-corrected chi connectivity index (χ4v) is 2.55. The second-order valence-electron chi connectivity index (χ2n) is 5.36. The highest BCUT2D eigenvalue weighted by molar-refractivity contribution is 5.93. The van der Waals surface area contributed by atoms with Gasteiger partial charge in [0.1, 0.15) is 11.5 Å². The highest BCUT2D eigenvalue weighted by Crippen LogP contribution is 2.26. The fourth-order valence-electron chi connectivity index (χ4n) is 2.55. The number of nitrogens with zero attached hydrogens (tertiary/aromatic N) is 3. The first-order valence-corrected chi connectivity index (χ1v) is 6.99. The number of hydrogen-bond acceptors (Lipinski definition) is 3. The Morgan fingerprint density at radius 1 is 1.09 bits per heavy atom. The van der Waals surface area contributed by atoms with E-state index in [-0.39, 0.29) is 5.69 Å². The minimum Gasteiger partial charge on any atom is -0.476 e. The molecule has 0 atom stereocenters. The Hall–Kier alpha value is -3.02. The van der Waals surface area contributed by atoms with E-state index in [4.69, 9.17) is 0 Å². The van der Waals surface area contributed by atoms with Crippen molar-refractivity contribution in [3.05, 3.63) is 65.1 Å². The molecule has 3 aromatic rings. The van der Waals surface area contributed by atoms with Crippen LogP contribution in [0.5, 0.6) is 0 Å². The lowest BCUT2D eigenvalue weighted by Gasteiger charge is -2.09. The monoisotopic (exact) mass is 311 g/mol. The lowest BCUT2D eigenvalue weighted by molar-refractivity contribution is 0.0691. The van der Waals surface area contributed by atoms with Crippen molar-refractivity contribution in [2.75, 3.05) is 0 Å². The summed E-state index contributed by atoms with van der Waals surface area (Å²) in [6, 6.07) is 11.4. The smallest absolute Gasteiger partial charge is 0.358 e. The highest BCUT2D eigenvalue weighted by Gasteiger charge is 2.21. The van der Waals surface area contributed by atoms with Crippen molar-refractivity contribution < 1.29 is 14.3 Å². The van der Waals surface area contributed by atoms with Crippen LogP contribution in [0.15, 0.2) is 42.5 Å². The first-order chi connectivity index (χ1) is 11.0. The molecule has 0 bridgehead atoms. The normalized spacial score (nSPS) is 10.7. The summed E-state index contributed by atoms with van der Waals surface area (Å²) in [6.45, 7) is 3.90. The number of hydrogen-bond donors (Lipinski definition) is 1. The molecule has 1 N–H and O–H groups in total. The van der Waals surface area contributed by atoms with Gasteiger partial charge in [0, 0.05) is 5.56 Å². The Morgan fingerprint density at radius 2 is 1.70 bits per heavy atom. The number of carboxylic acids is 1. The molecule has 0 saturated heterocycles. The van der Waals surface area contributed by atoms with Gasteiger partial charge in [-0.2, -0.15) is 0 Å². The molecule has 5 nitrogen and oxygen atoms in total. The Bertz CT molecular complexity index is 865. The van der Waals surface area contributed by atoms with Gasteiger partial charge in [-0.05, 0) is 61.4 Å². The summed E-state index contributed by atoms with van der Waals surface area (Å²) < 4.78 is 14.6. The van der Waals surface area contributed by atoms with Crippen molar-refractivity contribution in [3.63, 3.8) is 0 Å². The Morgan fingerprint density at radius 3 is 2.26 bits per heavy atom. The standard InChI is InChI=1S/C17H14FN3O2/c1-10-7-11(2)9-14(8-10)21-16(15(17(22)23)19-20-21)12-3-5-13(18)6-4-12/h3-9H,1-2H3,(H,22,23). The van der Waals surface area contributed by atoms with Crippen LogP contribution < -0.4 is 0 Å². The summed E-state index contributed by atoms with van der Waals surface area (Å²) >= 11 is 0. The van der Waals surface area contributed by atoms with E-state index < -0.39 is 11.8 Å². The van der Waals surface area contributed by atoms with Gasteiger partial charge in [-0.15, -0.1) is 5.10 Å². The molecule has 116 valence electrons. The molecule has 0 spiro atoms. The third kappa shape index (κ3) is 2.83. The van der Waals surface area contributed by atoms with Crippen molar-refractivity contribution in [1.29, 1.82) is 0 Å². The van der Waals surface area contributed by atoms with Crippen LogP contribution in [-0.4, -0.2) is 26.1 Å². The number of rotatable bonds is 3. The van der Waals surface area contributed by atoms with Gasteiger partial charge in [0.25, 0.3) is 0 Å². The lowest BCUT2D eigenvalue weighted by Crippen LogP contribution is -2.03. The SMILES string of the molecule is Cc1cc(C)cc(-n2nnc(C(=O)O)c2-c2ccc(F)cc2)c1. The number of benzene rings is 2. The van der Waals surface area contributed by atoms with E-state index in [9.17, 15) is 14.3 Å². The summed E-state index contributed by atoms with van der Waals surface area (Å²) in [5, 5.41) is 17.1.